The molecular weight excluding hydrogens is 294 g/mol. The average Bonchev–Trinajstić information content (AvgIpc) is 2.91. The van der Waals surface area contributed by atoms with Crippen LogP contribution in [0.1, 0.15) is 58.3 Å². The zero-order chi connectivity index (χ0) is 15.5. The number of hydrogen-bond donors (Lipinski definition) is 0. The molecule has 0 radical (unpaired) electrons. The van der Waals surface area contributed by atoms with Crippen molar-refractivity contribution in [2.24, 2.45) is 29.1 Å². The van der Waals surface area contributed by atoms with Crippen molar-refractivity contribution in [3.63, 3.8) is 0 Å². The Bertz CT molecular complexity index is 516. The Morgan fingerprint density at radius 1 is 1.23 bits per heavy atom. The number of carbonyl (C=O) groups excluding carboxylic acids is 1. The maximum absolute atomic E-state index is 12.1. The number of halogens is 1. The molecule has 22 heavy (non-hydrogen) atoms. The fourth-order valence-corrected chi connectivity index (χ4v) is 6.82. The Labute approximate surface area is 139 Å². The van der Waals surface area contributed by atoms with Crippen LogP contribution in [0.5, 0.6) is 0 Å². The lowest BCUT2D eigenvalue weighted by atomic mass is 9.51. The highest BCUT2D eigenvalue weighted by Gasteiger charge is 2.55. The molecule has 3 aliphatic carbocycles. The van der Waals surface area contributed by atoms with E-state index in [1.54, 1.807) is 0 Å². The van der Waals surface area contributed by atoms with Crippen LogP contribution in [-0.2, 0) is 4.79 Å². The molecule has 6 atom stereocenters. The number of piperidine rings is 1. The minimum Gasteiger partial charge on any atom is -0.342 e. The third-order valence-electron chi connectivity index (χ3n) is 7.74. The van der Waals surface area contributed by atoms with Gasteiger partial charge in [0.2, 0.25) is 5.91 Å². The topological polar surface area (TPSA) is 20.3 Å². The van der Waals surface area contributed by atoms with E-state index >= 15 is 0 Å². The van der Waals surface area contributed by atoms with Crippen LogP contribution < -0.4 is 0 Å². The quantitative estimate of drug-likeness (QED) is 0.639. The maximum atomic E-state index is 12.1. The normalized spacial score (nSPS) is 49.8. The van der Waals surface area contributed by atoms with E-state index in [9.17, 15) is 4.79 Å². The molecule has 4 rings (SSSR count). The monoisotopic (exact) mass is 321 g/mol. The first-order valence-electron chi connectivity index (χ1n) is 9.10. The van der Waals surface area contributed by atoms with Gasteiger partial charge in [-0.05, 0) is 67.6 Å². The minimum absolute atomic E-state index is 0.329. The summed E-state index contributed by atoms with van der Waals surface area (Å²) in [4.78, 5) is 14.1. The van der Waals surface area contributed by atoms with Gasteiger partial charge in [-0.3, -0.25) is 4.79 Å². The molecule has 1 amide bonds. The van der Waals surface area contributed by atoms with Crippen molar-refractivity contribution in [2.45, 2.75) is 64.3 Å². The molecule has 0 aromatic rings. The Kier molecular flexibility index (Phi) is 3.60. The van der Waals surface area contributed by atoms with Crippen LogP contribution >= 0.6 is 11.6 Å². The van der Waals surface area contributed by atoms with Gasteiger partial charge in [0.25, 0.3) is 0 Å². The first-order valence-corrected chi connectivity index (χ1v) is 9.53. The molecule has 0 aromatic carbocycles. The van der Waals surface area contributed by atoms with Crippen LogP contribution in [0.2, 0.25) is 0 Å². The summed E-state index contributed by atoms with van der Waals surface area (Å²) in [5.41, 5.74) is 3.88. The predicted octanol–water partition coefficient (Wildman–Crippen LogP) is 4.58. The summed E-state index contributed by atoms with van der Waals surface area (Å²) in [5.74, 6) is 3.32. The second-order valence-electron chi connectivity index (χ2n) is 8.54. The molecule has 3 saturated carbocycles. The number of amides is 1. The average molecular weight is 322 g/mol. The summed E-state index contributed by atoms with van der Waals surface area (Å²) in [7, 11) is 2.01. The van der Waals surface area contributed by atoms with Crippen LogP contribution in [0.25, 0.3) is 0 Å². The van der Waals surface area contributed by atoms with Gasteiger partial charge in [0.15, 0.2) is 0 Å². The summed E-state index contributed by atoms with van der Waals surface area (Å²) in [6.07, 6.45) is 9.79. The van der Waals surface area contributed by atoms with Crippen LogP contribution in [0.3, 0.4) is 0 Å². The van der Waals surface area contributed by atoms with Gasteiger partial charge < -0.3 is 4.90 Å². The number of rotatable bonds is 0. The molecule has 1 aliphatic heterocycles. The van der Waals surface area contributed by atoms with E-state index in [-0.39, 0.29) is 0 Å². The Morgan fingerprint density at radius 3 is 2.82 bits per heavy atom. The standard InChI is InChI=1S/C19H28ClNO/c1-19-8-3-4-15(19)18-12(11-20)10-16-13(14(18)7-9-19)5-6-17(22)21(16)2/h11,13-16,18H,3-10H2,1-2H3/b12-11-/t13-,14-,15+,16-,18-,19+/m1/s1. The molecule has 0 spiro atoms. The van der Waals surface area contributed by atoms with Crippen molar-refractivity contribution in [1.29, 1.82) is 0 Å². The maximum Gasteiger partial charge on any atom is 0.222 e. The Hall–Kier alpha value is -0.500. The van der Waals surface area contributed by atoms with E-state index in [2.05, 4.69) is 6.92 Å². The number of nitrogens with zero attached hydrogens (tertiary/aromatic N) is 1. The van der Waals surface area contributed by atoms with Crippen molar-refractivity contribution < 1.29 is 4.79 Å². The molecule has 3 heteroatoms. The highest BCUT2D eigenvalue weighted by atomic mass is 35.5. The van der Waals surface area contributed by atoms with E-state index in [1.807, 2.05) is 17.5 Å². The van der Waals surface area contributed by atoms with Gasteiger partial charge in [-0.1, -0.05) is 30.5 Å². The summed E-state index contributed by atoms with van der Waals surface area (Å²) in [6.45, 7) is 2.52. The predicted molar refractivity (Wildman–Crippen MR) is 89.5 cm³/mol. The van der Waals surface area contributed by atoms with Gasteiger partial charge in [-0.15, -0.1) is 0 Å². The van der Waals surface area contributed by atoms with Crippen molar-refractivity contribution in [3.05, 3.63) is 11.1 Å². The third kappa shape index (κ3) is 2.02. The molecule has 4 fully saturated rings. The van der Waals surface area contributed by atoms with Crippen molar-refractivity contribution >= 4 is 17.5 Å². The van der Waals surface area contributed by atoms with Crippen LogP contribution in [0.4, 0.5) is 0 Å². The Balaban J connectivity index is 1.69. The fraction of sp³-hybridized carbons (Fsp3) is 0.842. The van der Waals surface area contributed by atoms with Gasteiger partial charge in [-0.2, -0.15) is 0 Å². The van der Waals surface area contributed by atoms with Gasteiger partial charge in [0.1, 0.15) is 0 Å². The van der Waals surface area contributed by atoms with Crippen LogP contribution in [-0.4, -0.2) is 23.9 Å². The first-order chi connectivity index (χ1) is 10.5. The largest absolute Gasteiger partial charge is 0.342 e. The summed E-state index contributed by atoms with van der Waals surface area (Å²) in [5, 5.41) is 0. The molecule has 0 aromatic heterocycles. The lowest BCUT2D eigenvalue weighted by molar-refractivity contribution is -0.141. The zero-order valence-corrected chi connectivity index (χ0v) is 14.6. The lowest BCUT2D eigenvalue weighted by Crippen LogP contribution is -2.56. The van der Waals surface area contributed by atoms with E-state index < -0.39 is 0 Å². The number of carbonyl (C=O) groups is 1. The first kappa shape index (κ1) is 15.1. The van der Waals surface area contributed by atoms with E-state index in [1.165, 1.54) is 37.7 Å². The summed E-state index contributed by atoms with van der Waals surface area (Å²) in [6, 6.07) is 0.401. The van der Waals surface area contributed by atoms with Gasteiger partial charge in [0.05, 0.1) is 0 Å². The highest BCUT2D eigenvalue weighted by Crippen LogP contribution is 2.62. The molecule has 0 bridgehead atoms. The lowest BCUT2D eigenvalue weighted by Gasteiger charge is -2.57. The summed E-state index contributed by atoms with van der Waals surface area (Å²) >= 11 is 6.29. The SMILES string of the molecule is CN1C(=O)CC[C@@H]2[C@H]3CC[C@]4(C)CCC[C@H]4[C@@H]3/C(=C\Cl)C[C@H]21. The molecule has 4 aliphatic rings. The molecular formula is C19H28ClNO. The van der Waals surface area contributed by atoms with Gasteiger partial charge in [-0.25, -0.2) is 0 Å². The molecule has 122 valence electrons. The summed E-state index contributed by atoms with van der Waals surface area (Å²) < 4.78 is 0. The van der Waals surface area contributed by atoms with Crippen LogP contribution in [0, 0.1) is 29.1 Å². The van der Waals surface area contributed by atoms with Crippen molar-refractivity contribution in [1.82, 2.24) is 4.90 Å². The van der Waals surface area contributed by atoms with Gasteiger partial charge >= 0.3 is 0 Å². The highest BCUT2D eigenvalue weighted by molar-refractivity contribution is 6.25. The Morgan fingerprint density at radius 2 is 2.05 bits per heavy atom. The number of fused-ring (bicyclic) bond motifs is 5. The van der Waals surface area contributed by atoms with Crippen molar-refractivity contribution in [3.8, 4) is 0 Å². The van der Waals surface area contributed by atoms with Crippen LogP contribution in [0.15, 0.2) is 11.1 Å². The number of hydrogen-bond acceptors (Lipinski definition) is 1. The van der Waals surface area contributed by atoms with E-state index in [0.717, 1.165) is 31.1 Å². The smallest absolute Gasteiger partial charge is 0.222 e. The zero-order valence-electron chi connectivity index (χ0n) is 13.9. The van der Waals surface area contributed by atoms with E-state index in [4.69, 9.17) is 11.6 Å². The van der Waals surface area contributed by atoms with Crippen molar-refractivity contribution in [2.75, 3.05) is 7.05 Å². The number of likely N-dealkylation sites (tertiary alicyclic amines) is 1. The molecule has 0 N–H and O–H groups in total. The fourth-order valence-electron chi connectivity index (χ4n) is 6.58. The second kappa shape index (κ2) is 5.26. The molecule has 1 heterocycles. The second-order valence-corrected chi connectivity index (χ2v) is 8.76. The molecule has 2 nitrogen and oxygen atoms in total. The molecule has 1 saturated heterocycles. The molecule has 0 unspecified atom stereocenters. The third-order valence-corrected chi connectivity index (χ3v) is 8.02. The van der Waals surface area contributed by atoms with Gasteiger partial charge in [0, 0.05) is 25.0 Å². The minimum atomic E-state index is 0.329. The van der Waals surface area contributed by atoms with E-state index in [0.29, 0.717) is 29.2 Å².